The van der Waals surface area contributed by atoms with E-state index in [4.69, 9.17) is 5.73 Å². The Morgan fingerprint density at radius 2 is 2.07 bits per heavy atom. The van der Waals surface area contributed by atoms with Crippen molar-refractivity contribution in [2.45, 2.75) is 18.6 Å². The van der Waals surface area contributed by atoms with Gasteiger partial charge >= 0.3 is 6.18 Å². The molecule has 0 aromatic heterocycles. The Morgan fingerprint density at radius 1 is 1.50 bits per heavy atom. The minimum absolute atomic E-state index is 0.103. The topological polar surface area (TPSA) is 55.1 Å². The Balaban J connectivity index is 2.16. The number of halogens is 3. The molecule has 2 rings (SSSR count). The largest absolute Gasteiger partial charge is 0.450 e. The molecule has 1 aliphatic carbocycles. The Bertz CT molecular complexity index is 278. The number of carbonyl (C=O) groups excluding carboxylic acids is 1. The van der Waals surface area contributed by atoms with Crippen LogP contribution < -0.4 is 11.1 Å². The molecule has 14 heavy (non-hydrogen) atoms. The van der Waals surface area contributed by atoms with Crippen LogP contribution >= 0.6 is 0 Å². The molecule has 0 bridgehead atoms. The maximum absolute atomic E-state index is 12.2. The van der Waals surface area contributed by atoms with Gasteiger partial charge in [0.2, 0.25) is 5.78 Å². The molecule has 2 fully saturated rings. The second-order valence-corrected chi connectivity index (χ2v) is 4.09. The Kier molecular flexibility index (Phi) is 1.91. The van der Waals surface area contributed by atoms with E-state index in [2.05, 4.69) is 5.32 Å². The number of nitrogens with one attached hydrogen (secondary N) is 1. The molecule has 1 spiro atoms. The summed E-state index contributed by atoms with van der Waals surface area (Å²) in [7, 11) is 0. The van der Waals surface area contributed by atoms with Gasteiger partial charge in [-0.1, -0.05) is 0 Å². The molecule has 3 N–H and O–H groups in total. The number of hydrogen-bond donors (Lipinski definition) is 2. The first-order chi connectivity index (χ1) is 6.38. The lowest BCUT2D eigenvalue weighted by Crippen LogP contribution is -2.37. The number of nitrogens with two attached hydrogens (primary N) is 1. The zero-order chi connectivity index (χ0) is 10.6. The first kappa shape index (κ1) is 9.92. The van der Waals surface area contributed by atoms with Crippen molar-refractivity contribution in [1.82, 2.24) is 5.32 Å². The lowest BCUT2D eigenvalue weighted by Gasteiger charge is -2.17. The van der Waals surface area contributed by atoms with E-state index in [0.717, 1.165) is 0 Å². The summed E-state index contributed by atoms with van der Waals surface area (Å²) < 4.78 is 36.5. The first-order valence-corrected chi connectivity index (χ1v) is 4.45. The summed E-state index contributed by atoms with van der Waals surface area (Å²) in [5.74, 6) is -2.60. The molecule has 0 aromatic rings. The molecule has 0 radical (unpaired) electrons. The van der Waals surface area contributed by atoms with Gasteiger partial charge in [0.15, 0.2) is 0 Å². The van der Waals surface area contributed by atoms with Crippen molar-refractivity contribution in [2.24, 2.45) is 17.1 Å². The van der Waals surface area contributed by atoms with Crippen LogP contribution in [0.3, 0.4) is 0 Å². The minimum Gasteiger partial charge on any atom is -0.327 e. The van der Waals surface area contributed by atoms with Gasteiger partial charge in [0.05, 0.1) is 0 Å². The number of rotatable bonds is 1. The minimum atomic E-state index is -4.73. The monoisotopic (exact) mass is 208 g/mol. The summed E-state index contributed by atoms with van der Waals surface area (Å²) in [6.07, 6.45) is -4.21. The van der Waals surface area contributed by atoms with Gasteiger partial charge in [-0.15, -0.1) is 0 Å². The summed E-state index contributed by atoms with van der Waals surface area (Å²) in [5, 5.41) is 2.81. The Hall–Kier alpha value is -0.620. The third kappa shape index (κ3) is 1.25. The maximum atomic E-state index is 12.2. The van der Waals surface area contributed by atoms with Gasteiger partial charge in [-0.05, 0) is 6.42 Å². The zero-order valence-corrected chi connectivity index (χ0v) is 7.40. The van der Waals surface area contributed by atoms with Gasteiger partial charge in [-0.25, -0.2) is 0 Å². The van der Waals surface area contributed by atoms with E-state index in [1.54, 1.807) is 0 Å². The van der Waals surface area contributed by atoms with Crippen LogP contribution in [0.4, 0.5) is 13.2 Å². The fraction of sp³-hybridized carbons (Fsp3) is 0.875. The second kappa shape index (κ2) is 2.70. The SMILES string of the molecule is N[C@H]1CC12CNCC2C(=O)C(F)(F)F. The molecule has 3 atom stereocenters. The predicted molar refractivity (Wildman–Crippen MR) is 42.4 cm³/mol. The second-order valence-electron chi connectivity index (χ2n) is 4.09. The Labute approximate surface area is 78.8 Å². The lowest BCUT2D eigenvalue weighted by molar-refractivity contribution is -0.176. The van der Waals surface area contributed by atoms with Crippen molar-refractivity contribution in [3.63, 3.8) is 0 Å². The molecule has 1 heterocycles. The standard InChI is InChI=1S/C8H11F3N2O/c9-8(10,11)6(14)4-2-13-3-7(4)1-5(7)12/h4-5,13H,1-3,12H2/t4?,5-,7?/m0/s1. The van der Waals surface area contributed by atoms with Crippen LogP contribution in [0.5, 0.6) is 0 Å². The summed E-state index contributed by atoms with van der Waals surface area (Å²) >= 11 is 0. The van der Waals surface area contributed by atoms with Crippen molar-refractivity contribution >= 4 is 5.78 Å². The van der Waals surface area contributed by atoms with Crippen LogP contribution in [0.25, 0.3) is 0 Å². The smallest absolute Gasteiger partial charge is 0.327 e. The van der Waals surface area contributed by atoms with Crippen LogP contribution in [-0.4, -0.2) is 31.1 Å². The summed E-state index contributed by atoms with van der Waals surface area (Å²) in [4.78, 5) is 11.0. The molecule has 0 amide bonds. The quantitative estimate of drug-likeness (QED) is 0.640. The molecule has 3 nitrogen and oxygen atoms in total. The van der Waals surface area contributed by atoms with E-state index >= 15 is 0 Å². The summed E-state index contributed by atoms with van der Waals surface area (Å²) in [6.45, 7) is 0.534. The van der Waals surface area contributed by atoms with Crippen molar-refractivity contribution < 1.29 is 18.0 Å². The van der Waals surface area contributed by atoms with E-state index in [1.807, 2.05) is 0 Å². The van der Waals surface area contributed by atoms with Crippen molar-refractivity contribution in [1.29, 1.82) is 0 Å². The van der Waals surface area contributed by atoms with E-state index < -0.39 is 23.3 Å². The molecule has 80 valence electrons. The molecular weight excluding hydrogens is 197 g/mol. The van der Waals surface area contributed by atoms with E-state index in [-0.39, 0.29) is 12.6 Å². The van der Waals surface area contributed by atoms with Crippen molar-refractivity contribution in [3.8, 4) is 0 Å². The molecule has 6 heteroatoms. The van der Waals surface area contributed by atoms with Crippen molar-refractivity contribution in [2.75, 3.05) is 13.1 Å². The van der Waals surface area contributed by atoms with Crippen LogP contribution in [0, 0.1) is 11.3 Å². The van der Waals surface area contributed by atoms with Gasteiger partial charge in [-0.3, -0.25) is 4.79 Å². The summed E-state index contributed by atoms with van der Waals surface area (Å²) in [6, 6.07) is -0.256. The highest BCUT2D eigenvalue weighted by Crippen LogP contribution is 2.54. The predicted octanol–water partition coefficient (Wildman–Crippen LogP) is 0.0546. The van der Waals surface area contributed by atoms with Crippen LogP contribution in [0.1, 0.15) is 6.42 Å². The van der Waals surface area contributed by atoms with Gasteiger partial charge in [0, 0.05) is 30.5 Å². The molecule has 0 aromatic carbocycles. The fourth-order valence-corrected chi connectivity index (χ4v) is 2.28. The molecule has 2 aliphatic rings. The molecular formula is C8H11F3N2O. The van der Waals surface area contributed by atoms with E-state index in [0.29, 0.717) is 13.0 Å². The average molecular weight is 208 g/mol. The zero-order valence-electron chi connectivity index (χ0n) is 7.40. The third-order valence-electron chi connectivity index (χ3n) is 3.27. The maximum Gasteiger partial charge on any atom is 0.450 e. The highest BCUT2D eigenvalue weighted by Gasteiger charge is 2.64. The molecule has 1 saturated carbocycles. The molecule has 1 aliphatic heterocycles. The average Bonchev–Trinajstić information content (AvgIpc) is 2.55. The third-order valence-corrected chi connectivity index (χ3v) is 3.27. The number of ketones is 1. The van der Waals surface area contributed by atoms with Gasteiger partial charge in [0.1, 0.15) is 0 Å². The van der Waals surface area contributed by atoms with Crippen molar-refractivity contribution in [3.05, 3.63) is 0 Å². The van der Waals surface area contributed by atoms with Gasteiger partial charge < -0.3 is 11.1 Å². The van der Waals surface area contributed by atoms with Crippen LogP contribution in [0.2, 0.25) is 0 Å². The van der Waals surface area contributed by atoms with E-state index in [1.165, 1.54) is 0 Å². The number of carbonyl (C=O) groups is 1. The highest BCUT2D eigenvalue weighted by molar-refractivity contribution is 5.88. The van der Waals surface area contributed by atoms with Crippen LogP contribution in [0.15, 0.2) is 0 Å². The Morgan fingerprint density at radius 3 is 2.50 bits per heavy atom. The highest BCUT2D eigenvalue weighted by atomic mass is 19.4. The number of hydrogen-bond acceptors (Lipinski definition) is 3. The molecule has 2 unspecified atom stereocenters. The van der Waals surface area contributed by atoms with E-state index in [9.17, 15) is 18.0 Å². The first-order valence-electron chi connectivity index (χ1n) is 4.45. The van der Waals surface area contributed by atoms with Gasteiger partial charge in [-0.2, -0.15) is 13.2 Å². The molecule has 1 saturated heterocycles. The normalized spacial score (nSPS) is 41.7. The number of alkyl halides is 3. The fourth-order valence-electron chi connectivity index (χ4n) is 2.28. The number of Topliss-reactive ketones (excluding diaryl/α,β-unsaturated/α-hetero) is 1. The lowest BCUT2D eigenvalue weighted by atomic mass is 9.88. The van der Waals surface area contributed by atoms with Crippen LogP contribution in [-0.2, 0) is 4.79 Å². The van der Waals surface area contributed by atoms with Gasteiger partial charge in [0.25, 0.3) is 0 Å². The summed E-state index contributed by atoms with van der Waals surface area (Å²) in [5.41, 5.74) is 4.97.